The predicted octanol–water partition coefficient (Wildman–Crippen LogP) is 3.13. The molecule has 1 saturated heterocycles. The number of phenols is 1. The average molecular weight is 374 g/mol. The highest BCUT2D eigenvalue weighted by atomic mass is 32.2. The molecule has 2 aromatic rings. The second-order valence-corrected chi connectivity index (χ2v) is 8.41. The Labute approximate surface area is 153 Å². The van der Waals surface area contributed by atoms with Gasteiger partial charge in [0.1, 0.15) is 5.75 Å². The summed E-state index contributed by atoms with van der Waals surface area (Å²) in [6.45, 7) is 2.85. The summed E-state index contributed by atoms with van der Waals surface area (Å²) in [5.74, 6) is -0.504. The lowest BCUT2D eigenvalue weighted by molar-refractivity contribution is 0.102. The third kappa shape index (κ3) is 3.89. The van der Waals surface area contributed by atoms with E-state index in [1.165, 1.54) is 16.4 Å². The van der Waals surface area contributed by atoms with Crippen molar-refractivity contribution in [2.45, 2.75) is 31.1 Å². The molecule has 1 aliphatic rings. The smallest absolute Gasteiger partial charge is 0.255 e. The molecule has 1 heterocycles. The highest BCUT2D eigenvalue weighted by molar-refractivity contribution is 7.89. The van der Waals surface area contributed by atoms with Crippen LogP contribution in [-0.4, -0.2) is 36.8 Å². The number of phenolic OH excluding ortho intramolecular Hbond substituents is 1. The van der Waals surface area contributed by atoms with Crippen LogP contribution < -0.4 is 5.32 Å². The molecule has 138 valence electrons. The zero-order chi connectivity index (χ0) is 18.7. The maximum Gasteiger partial charge on any atom is 0.255 e. The van der Waals surface area contributed by atoms with Gasteiger partial charge in [-0.25, -0.2) is 8.42 Å². The number of nitrogens with one attached hydrogen (secondary N) is 1. The number of piperidine rings is 1. The number of amides is 1. The fraction of sp³-hybridized carbons (Fsp3) is 0.316. The minimum absolute atomic E-state index is 0.0320. The minimum atomic E-state index is -3.60. The molecule has 1 aliphatic heterocycles. The first kappa shape index (κ1) is 18.4. The summed E-state index contributed by atoms with van der Waals surface area (Å²) in [5, 5.41) is 12.5. The number of benzene rings is 2. The van der Waals surface area contributed by atoms with Gasteiger partial charge in [0.25, 0.3) is 5.91 Å². The highest BCUT2D eigenvalue weighted by Gasteiger charge is 2.26. The molecule has 2 N–H and O–H groups in total. The van der Waals surface area contributed by atoms with E-state index in [1.807, 2.05) is 6.92 Å². The third-order valence-corrected chi connectivity index (χ3v) is 6.35. The van der Waals surface area contributed by atoms with Gasteiger partial charge in [-0.3, -0.25) is 4.79 Å². The summed E-state index contributed by atoms with van der Waals surface area (Å²) in [6.07, 6.45) is 2.74. The van der Waals surface area contributed by atoms with E-state index in [-0.39, 0.29) is 21.9 Å². The number of aromatic hydroxyl groups is 1. The molecule has 2 aromatic carbocycles. The van der Waals surface area contributed by atoms with E-state index in [4.69, 9.17) is 0 Å². The van der Waals surface area contributed by atoms with E-state index in [0.29, 0.717) is 13.1 Å². The maximum absolute atomic E-state index is 12.8. The van der Waals surface area contributed by atoms with E-state index in [9.17, 15) is 18.3 Å². The van der Waals surface area contributed by atoms with Gasteiger partial charge in [-0.2, -0.15) is 4.31 Å². The molecule has 0 atom stereocenters. The van der Waals surface area contributed by atoms with Crippen molar-refractivity contribution in [3.8, 4) is 5.75 Å². The monoisotopic (exact) mass is 374 g/mol. The van der Waals surface area contributed by atoms with Crippen molar-refractivity contribution in [1.29, 1.82) is 0 Å². The molecule has 0 bridgehead atoms. The molecule has 0 aromatic heterocycles. The first-order valence-electron chi connectivity index (χ1n) is 8.59. The van der Waals surface area contributed by atoms with Crippen molar-refractivity contribution in [3.63, 3.8) is 0 Å². The van der Waals surface area contributed by atoms with Crippen LogP contribution >= 0.6 is 0 Å². The van der Waals surface area contributed by atoms with Crippen LogP contribution in [0.4, 0.5) is 5.69 Å². The van der Waals surface area contributed by atoms with Crippen LogP contribution in [0.3, 0.4) is 0 Å². The number of carbonyl (C=O) groups excluding carboxylic acids is 1. The Morgan fingerprint density at radius 2 is 1.81 bits per heavy atom. The molecule has 0 aliphatic carbocycles. The maximum atomic E-state index is 12.8. The van der Waals surface area contributed by atoms with Crippen LogP contribution in [0.2, 0.25) is 0 Å². The van der Waals surface area contributed by atoms with Crippen molar-refractivity contribution >= 4 is 21.6 Å². The molecule has 6 nitrogen and oxygen atoms in total. The van der Waals surface area contributed by atoms with Gasteiger partial charge in [-0.05, 0) is 55.7 Å². The molecule has 0 radical (unpaired) electrons. The molecule has 26 heavy (non-hydrogen) atoms. The normalized spacial score (nSPS) is 15.6. The molecule has 3 rings (SSSR count). The third-order valence-electron chi connectivity index (χ3n) is 4.45. The molecule has 0 unspecified atom stereocenters. The van der Waals surface area contributed by atoms with Gasteiger partial charge in [0.05, 0.1) is 10.6 Å². The van der Waals surface area contributed by atoms with Gasteiger partial charge in [-0.15, -0.1) is 0 Å². The molecule has 7 heteroatoms. The summed E-state index contributed by atoms with van der Waals surface area (Å²) in [5.41, 5.74) is 1.38. The van der Waals surface area contributed by atoms with Crippen LogP contribution in [0, 0.1) is 6.92 Å². The lowest BCUT2D eigenvalue weighted by Crippen LogP contribution is -2.35. The van der Waals surface area contributed by atoms with E-state index < -0.39 is 15.9 Å². The van der Waals surface area contributed by atoms with Crippen LogP contribution in [0.15, 0.2) is 47.4 Å². The average Bonchev–Trinajstić information content (AvgIpc) is 2.65. The Hall–Kier alpha value is -2.38. The van der Waals surface area contributed by atoms with Gasteiger partial charge in [0.15, 0.2) is 0 Å². The zero-order valence-electron chi connectivity index (χ0n) is 14.6. The molecular weight excluding hydrogens is 352 g/mol. The fourth-order valence-electron chi connectivity index (χ4n) is 2.99. The Balaban J connectivity index is 1.83. The number of carbonyl (C=O) groups is 1. The van der Waals surface area contributed by atoms with E-state index in [0.717, 1.165) is 24.8 Å². The van der Waals surface area contributed by atoms with Gasteiger partial charge in [-0.1, -0.05) is 18.6 Å². The number of anilines is 1. The Kier molecular flexibility index (Phi) is 5.29. The lowest BCUT2D eigenvalue weighted by Gasteiger charge is -2.26. The van der Waals surface area contributed by atoms with Gasteiger partial charge in [0.2, 0.25) is 10.0 Å². The van der Waals surface area contributed by atoms with Crippen molar-refractivity contribution in [1.82, 2.24) is 4.31 Å². The van der Waals surface area contributed by atoms with Gasteiger partial charge in [0, 0.05) is 18.7 Å². The Bertz CT molecular complexity index is 919. The molecule has 1 fully saturated rings. The number of hydrogen-bond acceptors (Lipinski definition) is 4. The fourth-order valence-corrected chi connectivity index (χ4v) is 4.56. The minimum Gasteiger partial charge on any atom is -0.506 e. The number of hydrogen-bond donors (Lipinski definition) is 2. The zero-order valence-corrected chi connectivity index (χ0v) is 15.4. The Morgan fingerprint density at radius 3 is 2.50 bits per heavy atom. The van der Waals surface area contributed by atoms with Crippen molar-refractivity contribution in [3.05, 3.63) is 53.6 Å². The van der Waals surface area contributed by atoms with Crippen LogP contribution in [0.1, 0.15) is 35.2 Å². The second-order valence-electron chi connectivity index (χ2n) is 6.47. The predicted molar refractivity (Wildman–Crippen MR) is 99.8 cm³/mol. The number of nitrogens with zero attached hydrogens (tertiary/aromatic N) is 1. The molecule has 0 spiro atoms. The van der Waals surface area contributed by atoms with Gasteiger partial charge < -0.3 is 10.4 Å². The lowest BCUT2D eigenvalue weighted by atomic mass is 10.2. The number of rotatable bonds is 4. The quantitative estimate of drug-likeness (QED) is 0.805. The van der Waals surface area contributed by atoms with Crippen LogP contribution in [0.5, 0.6) is 5.75 Å². The first-order valence-corrected chi connectivity index (χ1v) is 10.0. The van der Waals surface area contributed by atoms with E-state index in [1.54, 1.807) is 30.3 Å². The first-order chi connectivity index (χ1) is 12.4. The molecule has 1 amide bonds. The SMILES string of the molecule is Cc1ccc(NC(=O)c2cccc(S(=O)(=O)N3CCCCC3)c2)c(O)c1. The van der Waals surface area contributed by atoms with Crippen molar-refractivity contribution in [2.24, 2.45) is 0 Å². The molecular formula is C19H22N2O4S. The van der Waals surface area contributed by atoms with Gasteiger partial charge >= 0.3 is 0 Å². The number of aryl methyl sites for hydroxylation is 1. The topological polar surface area (TPSA) is 86.7 Å². The largest absolute Gasteiger partial charge is 0.506 e. The summed E-state index contributed by atoms with van der Waals surface area (Å²) >= 11 is 0. The van der Waals surface area contributed by atoms with Crippen LogP contribution in [0.25, 0.3) is 0 Å². The number of sulfonamides is 1. The van der Waals surface area contributed by atoms with E-state index >= 15 is 0 Å². The van der Waals surface area contributed by atoms with Crippen molar-refractivity contribution < 1.29 is 18.3 Å². The molecule has 0 saturated carbocycles. The summed E-state index contributed by atoms with van der Waals surface area (Å²) < 4.78 is 27.0. The van der Waals surface area contributed by atoms with E-state index in [2.05, 4.69) is 5.32 Å². The summed E-state index contributed by atoms with van der Waals surface area (Å²) in [6, 6.07) is 10.9. The van der Waals surface area contributed by atoms with Crippen molar-refractivity contribution in [2.75, 3.05) is 18.4 Å². The summed E-state index contributed by atoms with van der Waals surface area (Å²) in [4.78, 5) is 12.6. The highest BCUT2D eigenvalue weighted by Crippen LogP contribution is 2.25. The summed E-state index contributed by atoms with van der Waals surface area (Å²) in [7, 11) is -3.60. The second kappa shape index (κ2) is 7.47. The Morgan fingerprint density at radius 1 is 1.08 bits per heavy atom. The standard InChI is InChI=1S/C19H22N2O4S/c1-14-8-9-17(18(22)12-14)20-19(23)15-6-5-7-16(13-15)26(24,25)21-10-3-2-4-11-21/h5-9,12-13,22H,2-4,10-11H2,1H3,(H,20,23). The van der Waals surface area contributed by atoms with Crippen LogP contribution in [-0.2, 0) is 10.0 Å².